The normalized spacial score (nSPS) is 12.0. The molecule has 0 radical (unpaired) electrons. The molecular formula is C40H43N7O4. The standard InChI is InChI=1S/C40H43N7O4/c41-36(20-34-8-4-18-43-22-34)38(48)45-24-29-10-14-31(15-11-29)26-47(40(50)51-28-33-6-2-1-3-7-33)27-32-16-12-30(13-17-32)25-46-39(49)37(42)21-35-9-5-19-44-23-35/h1-19,22-23,36-37H,20-21,24-28,41-42H2,(H,45,48)(H,46,49). The van der Waals surface area contributed by atoms with Crippen molar-refractivity contribution in [2.45, 2.75) is 57.7 Å². The van der Waals surface area contributed by atoms with Crippen molar-refractivity contribution in [1.29, 1.82) is 0 Å². The van der Waals surface area contributed by atoms with Crippen molar-refractivity contribution in [2.24, 2.45) is 11.5 Å². The molecule has 5 aromatic rings. The summed E-state index contributed by atoms with van der Waals surface area (Å²) in [6.07, 6.45) is 7.11. The van der Waals surface area contributed by atoms with Crippen LogP contribution in [0, 0.1) is 0 Å². The number of amides is 3. The summed E-state index contributed by atoms with van der Waals surface area (Å²) in [6.45, 7) is 1.42. The van der Waals surface area contributed by atoms with E-state index in [2.05, 4.69) is 20.6 Å². The van der Waals surface area contributed by atoms with Gasteiger partial charge in [0.25, 0.3) is 0 Å². The van der Waals surface area contributed by atoms with Gasteiger partial charge in [0, 0.05) is 51.0 Å². The second-order valence-electron chi connectivity index (χ2n) is 12.3. The Morgan fingerprint density at radius 2 is 1.00 bits per heavy atom. The van der Waals surface area contributed by atoms with E-state index in [9.17, 15) is 14.4 Å². The number of ether oxygens (including phenoxy) is 1. The van der Waals surface area contributed by atoms with E-state index < -0.39 is 18.2 Å². The quantitative estimate of drug-likeness (QED) is 0.120. The molecule has 0 fully saturated rings. The van der Waals surface area contributed by atoms with Crippen LogP contribution in [0.25, 0.3) is 0 Å². The topological polar surface area (TPSA) is 166 Å². The third-order valence-corrected chi connectivity index (χ3v) is 8.22. The maximum Gasteiger partial charge on any atom is 0.410 e. The highest BCUT2D eigenvalue weighted by atomic mass is 16.6. The molecule has 2 heterocycles. The molecule has 0 aliphatic rings. The van der Waals surface area contributed by atoms with E-state index in [-0.39, 0.29) is 18.4 Å². The van der Waals surface area contributed by atoms with Crippen molar-refractivity contribution in [3.63, 3.8) is 0 Å². The van der Waals surface area contributed by atoms with Gasteiger partial charge in [0.2, 0.25) is 11.8 Å². The van der Waals surface area contributed by atoms with Gasteiger partial charge in [-0.1, -0.05) is 91.0 Å². The number of aromatic nitrogens is 2. The number of rotatable bonds is 16. The van der Waals surface area contributed by atoms with Gasteiger partial charge in [-0.05, 0) is 63.9 Å². The minimum absolute atomic E-state index is 0.152. The van der Waals surface area contributed by atoms with Crippen LogP contribution in [-0.2, 0) is 60.0 Å². The van der Waals surface area contributed by atoms with E-state index in [1.807, 2.05) is 103 Å². The molecule has 0 bridgehead atoms. The summed E-state index contributed by atoms with van der Waals surface area (Å²) in [5.41, 5.74) is 18.5. The van der Waals surface area contributed by atoms with Crippen molar-refractivity contribution in [1.82, 2.24) is 25.5 Å². The highest BCUT2D eigenvalue weighted by molar-refractivity contribution is 5.82. The molecule has 0 aliphatic heterocycles. The minimum atomic E-state index is -0.682. The Hall–Kier alpha value is -5.91. The lowest BCUT2D eigenvalue weighted by Gasteiger charge is -2.23. The smallest absolute Gasteiger partial charge is 0.410 e. The monoisotopic (exact) mass is 685 g/mol. The lowest BCUT2D eigenvalue weighted by molar-refractivity contribution is -0.123. The van der Waals surface area contributed by atoms with Crippen molar-refractivity contribution in [3.8, 4) is 0 Å². The fraction of sp³-hybridized carbons (Fsp3) is 0.225. The van der Waals surface area contributed by atoms with Crippen molar-refractivity contribution in [2.75, 3.05) is 0 Å². The Kier molecular flexibility index (Phi) is 13.4. The zero-order chi connectivity index (χ0) is 35.8. The molecule has 3 aromatic carbocycles. The lowest BCUT2D eigenvalue weighted by Crippen LogP contribution is -2.41. The Morgan fingerprint density at radius 1 is 0.569 bits per heavy atom. The summed E-state index contributed by atoms with van der Waals surface area (Å²) in [5.74, 6) is -0.485. The first-order chi connectivity index (χ1) is 24.8. The number of nitrogens with two attached hydrogens (primary N) is 2. The van der Waals surface area contributed by atoms with Crippen LogP contribution in [0.3, 0.4) is 0 Å². The third kappa shape index (κ3) is 11.9. The van der Waals surface area contributed by atoms with E-state index in [0.29, 0.717) is 39.0 Å². The molecule has 11 heteroatoms. The van der Waals surface area contributed by atoms with Gasteiger partial charge in [-0.15, -0.1) is 0 Å². The van der Waals surface area contributed by atoms with Gasteiger partial charge in [-0.3, -0.25) is 24.5 Å². The van der Waals surface area contributed by atoms with E-state index in [0.717, 1.165) is 38.9 Å². The molecule has 2 atom stereocenters. The van der Waals surface area contributed by atoms with E-state index >= 15 is 0 Å². The van der Waals surface area contributed by atoms with Crippen LogP contribution in [0.5, 0.6) is 0 Å². The highest BCUT2D eigenvalue weighted by Crippen LogP contribution is 2.15. The number of nitrogens with one attached hydrogen (secondary N) is 2. The SMILES string of the molecule is NC(Cc1cccnc1)C(=O)NCc1ccc(CN(Cc2ccc(CNC(=O)C(N)Cc3cccnc3)cc2)C(=O)OCc2ccccc2)cc1. The van der Waals surface area contributed by atoms with Gasteiger partial charge in [-0.2, -0.15) is 0 Å². The zero-order valence-corrected chi connectivity index (χ0v) is 28.4. The largest absolute Gasteiger partial charge is 0.445 e. The van der Waals surface area contributed by atoms with Crippen LogP contribution in [-0.4, -0.2) is 44.9 Å². The molecule has 2 aromatic heterocycles. The van der Waals surface area contributed by atoms with E-state index in [1.165, 1.54) is 0 Å². The number of nitrogens with zero attached hydrogens (tertiary/aromatic N) is 3. The van der Waals surface area contributed by atoms with Crippen LogP contribution in [0.4, 0.5) is 4.79 Å². The molecule has 6 N–H and O–H groups in total. The van der Waals surface area contributed by atoms with Crippen molar-refractivity contribution < 1.29 is 19.1 Å². The summed E-state index contributed by atoms with van der Waals surface area (Å²) in [4.78, 5) is 48.3. The second-order valence-corrected chi connectivity index (χ2v) is 12.3. The van der Waals surface area contributed by atoms with Gasteiger partial charge in [0.15, 0.2) is 0 Å². The fourth-order valence-corrected chi connectivity index (χ4v) is 5.33. The molecule has 11 nitrogen and oxygen atoms in total. The Labute approximate surface area is 298 Å². The molecule has 5 rings (SSSR count). The Balaban J connectivity index is 1.16. The van der Waals surface area contributed by atoms with Crippen molar-refractivity contribution in [3.05, 3.63) is 167 Å². The lowest BCUT2D eigenvalue weighted by atomic mass is 10.1. The summed E-state index contributed by atoms with van der Waals surface area (Å²) >= 11 is 0. The second kappa shape index (κ2) is 18.7. The first kappa shape index (κ1) is 36.4. The average molecular weight is 686 g/mol. The van der Waals surface area contributed by atoms with Gasteiger partial charge >= 0.3 is 6.09 Å². The van der Waals surface area contributed by atoms with Gasteiger partial charge in [0.05, 0.1) is 12.1 Å². The van der Waals surface area contributed by atoms with Gasteiger partial charge in [-0.25, -0.2) is 4.79 Å². The first-order valence-electron chi connectivity index (χ1n) is 16.8. The predicted molar refractivity (Wildman–Crippen MR) is 194 cm³/mol. The van der Waals surface area contributed by atoms with Crippen LogP contribution >= 0.6 is 0 Å². The molecule has 2 unspecified atom stereocenters. The number of hydrogen-bond donors (Lipinski definition) is 4. The predicted octanol–water partition coefficient (Wildman–Crippen LogP) is 4.19. The molecule has 3 amide bonds. The summed E-state index contributed by atoms with van der Waals surface area (Å²) in [6, 6.07) is 31.0. The van der Waals surface area contributed by atoms with Crippen LogP contribution in [0.15, 0.2) is 128 Å². The maximum atomic E-state index is 13.4. The molecular weight excluding hydrogens is 642 g/mol. The number of carbonyl (C=O) groups is 3. The summed E-state index contributed by atoms with van der Waals surface area (Å²) in [5, 5.41) is 5.79. The van der Waals surface area contributed by atoms with E-state index in [1.54, 1.807) is 29.7 Å². The summed E-state index contributed by atoms with van der Waals surface area (Å²) < 4.78 is 5.70. The maximum absolute atomic E-state index is 13.4. The zero-order valence-electron chi connectivity index (χ0n) is 28.4. The van der Waals surface area contributed by atoms with Crippen molar-refractivity contribution >= 4 is 17.9 Å². The van der Waals surface area contributed by atoms with Crippen LogP contribution < -0.4 is 22.1 Å². The Morgan fingerprint density at radius 3 is 1.43 bits per heavy atom. The number of pyridine rings is 2. The van der Waals surface area contributed by atoms with Crippen LogP contribution in [0.1, 0.15) is 38.9 Å². The van der Waals surface area contributed by atoms with Crippen LogP contribution in [0.2, 0.25) is 0 Å². The molecule has 262 valence electrons. The molecule has 51 heavy (non-hydrogen) atoms. The minimum Gasteiger partial charge on any atom is -0.445 e. The van der Waals surface area contributed by atoms with E-state index in [4.69, 9.17) is 16.2 Å². The molecule has 0 aliphatic carbocycles. The average Bonchev–Trinajstić information content (AvgIpc) is 3.17. The molecule has 0 saturated carbocycles. The Bertz CT molecular complexity index is 1720. The molecule has 0 spiro atoms. The van der Waals surface area contributed by atoms with Gasteiger partial charge in [0.1, 0.15) is 6.61 Å². The number of carbonyl (C=O) groups excluding carboxylic acids is 3. The fourth-order valence-electron chi connectivity index (χ4n) is 5.33. The summed E-state index contributed by atoms with van der Waals surface area (Å²) in [7, 11) is 0. The highest BCUT2D eigenvalue weighted by Gasteiger charge is 2.18. The third-order valence-electron chi connectivity index (χ3n) is 8.22. The first-order valence-corrected chi connectivity index (χ1v) is 16.8. The van der Waals surface area contributed by atoms with Gasteiger partial charge < -0.3 is 26.8 Å². The number of hydrogen-bond acceptors (Lipinski definition) is 8. The number of benzene rings is 3. The molecule has 0 saturated heterocycles.